The highest BCUT2D eigenvalue weighted by Crippen LogP contribution is 2.20. The van der Waals surface area contributed by atoms with Crippen molar-refractivity contribution in [3.63, 3.8) is 0 Å². The van der Waals surface area contributed by atoms with Crippen LogP contribution in [0.2, 0.25) is 0 Å². The number of nitrogens with one attached hydrogen (secondary N) is 2. The van der Waals surface area contributed by atoms with Crippen LogP contribution in [0, 0.1) is 0 Å². The third-order valence-electron chi connectivity index (χ3n) is 4.97. The van der Waals surface area contributed by atoms with Gasteiger partial charge in [-0.1, -0.05) is 18.2 Å². The van der Waals surface area contributed by atoms with Gasteiger partial charge in [0.25, 0.3) is 5.56 Å². The first-order valence-electron chi connectivity index (χ1n) is 10.1. The van der Waals surface area contributed by atoms with Gasteiger partial charge >= 0.3 is 6.09 Å². The molecule has 156 valence electrons. The average molecular weight is 399 g/mol. The van der Waals surface area contributed by atoms with Crippen molar-refractivity contribution in [1.29, 1.82) is 0 Å². The minimum atomic E-state index is -0.556. The molecule has 1 saturated heterocycles. The molecule has 1 fully saturated rings. The molecule has 1 aromatic carbocycles. The largest absolute Gasteiger partial charge is 0.444 e. The number of amides is 2. The maximum atomic E-state index is 12.5. The van der Waals surface area contributed by atoms with Crippen LogP contribution in [-0.2, 0) is 16.0 Å². The van der Waals surface area contributed by atoms with Gasteiger partial charge in [0.2, 0.25) is 5.91 Å². The van der Waals surface area contributed by atoms with Crippen molar-refractivity contribution in [3.8, 4) is 0 Å². The molecule has 1 aliphatic rings. The minimum Gasteiger partial charge on any atom is -0.444 e. The second-order valence-electron chi connectivity index (χ2n) is 8.52. The fraction of sp³-hybridized carbons (Fsp3) is 0.500. The predicted molar refractivity (Wildman–Crippen MR) is 112 cm³/mol. The van der Waals surface area contributed by atoms with E-state index >= 15 is 0 Å². The van der Waals surface area contributed by atoms with Crippen molar-refractivity contribution in [2.24, 2.45) is 0 Å². The van der Waals surface area contributed by atoms with Crippen LogP contribution in [0.15, 0.2) is 35.1 Å². The zero-order valence-electron chi connectivity index (χ0n) is 17.3. The lowest BCUT2D eigenvalue weighted by Gasteiger charge is -2.36. The Bertz CT molecular complexity index is 945. The number of carbonyl (C=O) groups excluding carboxylic acids is 2. The topological polar surface area (TPSA) is 91.5 Å². The summed E-state index contributed by atoms with van der Waals surface area (Å²) in [6.45, 7) is 6.50. The number of para-hydroxylation sites is 1. The summed E-state index contributed by atoms with van der Waals surface area (Å²) in [4.78, 5) is 41.7. The number of hydrogen-bond donors (Lipinski definition) is 2. The molecule has 2 heterocycles. The van der Waals surface area contributed by atoms with Crippen LogP contribution < -0.4 is 10.9 Å². The Morgan fingerprint density at radius 1 is 1.24 bits per heavy atom. The third-order valence-corrected chi connectivity index (χ3v) is 4.97. The summed E-state index contributed by atoms with van der Waals surface area (Å²) in [7, 11) is 0. The van der Waals surface area contributed by atoms with Crippen molar-refractivity contribution in [1.82, 2.24) is 15.2 Å². The van der Waals surface area contributed by atoms with E-state index in [0.717, 1.165) is 30.2 Å². The fourth-order valence-electron chi connectivity index (χ4n) is 3.56. The second-order valence-corrected chi connectivity index (χ2v) is 8.52. The normalized spacial score (nSPS) is 17.2. The molecule has 0 aliphatic carbocycles. The first-order chi connectivity index (χ1) is 13.7. The minimum absolute atomic E-state index is 0.000669. The Kier molecular flexibility index (Phi) is 6.25. The van der Waals surface area contributed by atoms with Crippen LogP contribution >= 0.6 is 0 Å². The number of aromatic amines is 1. The smallest absolute Gasteiger partial charge is 0.410 e. The molecule has 29 heavy (non-hydrogen) atoms. The van der Waals surface area contributed by atoms with Gasteiger partial charge in [-0.25, -0.2) is 4.79 Å². The van der Waals surface area contributed by atoms with Crippen LogP contribution in [0.4, 0.5) is 4.79 Å². The van der Waals surface area contributed by atoms with E-state index in [1.165, 1.54) is 0 Å². The number of hydrogen-bond acceptors (Lipinski definition) is 4. The van der Waals surface area contributed by atoms with E-state index in [1.54, 1.807) is 11.0 Å². The number of benzene rings is 1. The van der Waals surface area contributed by atoms with E-state index in [0.29, 0.717) is 18.7 Å². The zero-order chi connectivity index (χ0) is 21.0. The first-order valence-corrected chi connectivity index (χ1v) is 10.1. The van der Waals surface area contributed by atoms with Gasteiger partial charge in [0.1, 0.15) is 5.60 Å². The molecule has 1 atom stereocenters. The Morgan fingerprint density at radius 2 is 2.00 bits per heavy atom. The van der Waals surface area contributed by atoms with Crippen molar-refractivity contribution < 1.29 is 14.3 Å². The van der Waals surface area contributed by atoms with Gasteiger partial charge < -0.3 is 19.9 Å². The standard InChI is InChI=1S/C22H29N3O4/c1-22(2,3)29-21(28)25-11-7-6-9-17(25)14-23-19(26)13-16-12-15-8-4-5-10-18(15)24-20(16)27/h4-5,8,10,12,17H,6-7,9,11,13-14H2,1-3H3,(H,23,26)(H,24,27). The lowest BCUT2D eigenvalue weighted by atomic mass is 10.0. The highest BCUT2D eigenvalue weighted by Gasteiger charge is 2.30. The summed E-state index contributed by atoms with van der Waals surface area (Å²) < 4.78 is 5.50. The highest BCUT2D eigenvalue weighted by molar-refractivity contribution is 5.82. The van der Waals surface area contributed by atoms with Crippen molar-refractivity contribution >= 4 is 22.9 Å². The van der Waals surface area contributed by atoms with Crippen LogP contribution in [0.3, 0.4) is 0 Å². The van der Waals surface area contributed by atoms with E-state index < -0.39 is 5.60 Å². The summed E-state index contributed by atoms with van der Waals surface area (Å²) in [5.74, 6) is -0.236. The molecule has 2 amide bonds. The number of likely N-dealkylation sites (tertiary alicyclic amines) is 1. The molecule has 1 unspecified atom stereocenters. The first kappa shape index (κ1) is 20.9. The molecule has 3 rings (SSSR count). The third kappa shape index (κ3) is 5.59. The average Bonchev–Trinajstić information content (AvgIpc) is 2.66. The molecule has 0 bridgehead atoms. The number of aromatic nitrogens is 1. The Balaban J connectivity index is 1.61. The van der Waals surface area contributed by atoms with Crippen LogP contribution in [0.25, 0.3) is 10.9 Å². The highest BCUT2D eigenvalue weighted by atomic mass is 16.6. The summed E-state index contributed by atoms with van der Waals surface area (Å²) in [6.07, 6.45) is 2.40. The number of rotatable bonds is 4. The Morgan fingerprint density at radius 3 is 2.76 bits per heavy atom. The van der Waals surface area contributed by atoms with Crippen LogP contribution in [0.5, 0.6) is 0 Å². The van der Waals surface area contributed by atoms with Crippen molar-refractivity contribution in [2.45, 2.75) is 58.1 Å². The number of H-pyrrole nitrogens is 1. The maximum absolute atomic E-state index is 12.5. The summed E-state index contributed by atoms with van der Waals surface area (Å²) in [5.41, 5.74) is 0.358. The number of carbonyl (C=O) groups is 2. The van der Waals surface area contributed by atoms with Crippen molar-refractivity contribution in [3.05, 3.63) is 46.2 Å². The molecular formula is C22H29N3O4. The predicted octanol–water partition coefficient (Wildman–Crippen LogP) is 2.98. The van der Waals surface area contributed by atoms with Crippen LogP contribution in [0.1, 0.15) is 45.6 Å². The number of piperidine rings is 1. The van der Waals surface area contributed by atoms with Gasteiger partial charge in [0, 0.05) is 24.2 Å². The van der Waals surface area contributed by atoms with E-state index in [1.807, 2.05) is 45.0 Å². The van der Waals surface area contributed by atoms with Gasteiger partial charge in [-0.3, -0.25) is 9.59 Å². The van der Waals surface area contributed by atoms with Gasteiger partial charge in [-0.15, -0.1) is 0 Å². The Labute approximate surface area is 170 Å². The fourth-order valence-corrected chi connectivity index (χ4v) is 3.56. The van der Waals surface area contributed by atoms with Crippen LogP contribution in [-0.4, -0.2) is 46.6 Å². The van der Waals surface area contributed by atoms with E-state index in [9.17, 15) is 14.4 Å². The quantitative estimate of drug-likeness (QED) is 0.827. The second kappa shape index (κ2) is 8.68. The summed E-state index contributed by atoms with van der Waals surface area (Å²) in [6, 6.07) is 9.12. The summed E-state index contributed by atoms with van der Waals surface area (Å²) >= 11 is 0. The lowest BCUT2D eigenvalue weighted by molar-refractivity contribution is -0.120. The molecule has 7 heteroatoms. The van der Waals surface area contributed by atoms with Gasteiger partial charge in [0.05, 0.1) is 12.5 Å². The number of ether oxygens (including phenoxy) is 1. The molecule has 1 aliphatic heterocycles. The monoisotopic (exact) mass is 399 g/mol. The molecule has 1 aromatic heterocycles. The van der Waals surface area contributed by atoms with E-state index in [2.05, 4.69) is 10.3 Å². The Hall–Kier alpha value is -2.83. The van der Waals surface area contributed by atoms with Gasteiger partial charge in [-0.2, -0.15) is 0 Å². The molecule has 2 aromatic rings. The maximum Gasteiger partial charge on any atom is 0.410 e. The molecule has 0 spiro atoms. The summed E-state index contributed by atoms with van der Waals surface area (Å²) in [5, 5.41) is 3.77. The number of nitrogens with zero attached hydrogens (tertiary/aromatic N) is 1. The molecule has 7 nitrogen and oxygen atoms in total. The molecular weight excluding hydrogens is 370 g/mol. The zero-order valence-corrected chi connectivity index (χ0v) is 17.3. The molecule has 0 saturated carbocycles. The molecule has 2 N–H and O–H groups in total. The van der Waals surface area contributed by atoms with E-state index in [4.69, 9.17) is 4.74 Å². The van der Waals surface area contributed by atoms with E-state index in [-0.39, 0.29) is 30.0 Å². The lowest BCUT2D eigenvalue weighted by Crippen LogP contribution is -2.51. The molecule has 0 radical (unpaired) electrons. The van der Waals surface area contributed by atoms with Gasteiger partial charge in [-0.05, 0) is 57.6 Å². The van der Waals surface area contributed by atoms with Crippen molar-refractivity contribution in [2.75, 3.05) is 13.1 Å². The SMILES string of the molecule is CC(C)(C)OC(=O)N1CCCCC1CNC(=O)Cc1cc2ccccc2[nH]c1=O. The number of pyridine rings is 1. The van der Waals surface area contributed by atoms with Gasteiger partial charge in [0.15, 0.2) is 0 Å². The number of fused-ring (bicyclic) bond motifs is 1.